The Bertz CT molecular complexity index is 385. The molecule has 0 bridgehead atoms. The number of likely N-dealkylation sites (N-methyl/N-ethyl adjacent to an activating group) is 1. The highest BCUT2D eigenvalue weighted by atomic mass is 32.1. The summed E-state index contributed by atoms with van der Waals surface area (Å²) in [6.07, 6.45) is 0. The summed E-state index contributed by atoms with van der Waals surface area (Å²) in [5.74, 6) is 1.40. The molecular formula is C16H30N4S. The molecule has 1 aromatic heterocycles. The van der Waals surface area contributed by atoms with Crippen LogP contribution in [0.2, 0.25) is 0 Å². The van der Waals surface area contributed by atoms with E-state index in [1.165, 1.54) is 4.88 Å². The Balaban J connectivity index is 2.42. The second kappa shape index (κ2) is 10.6. The van der Waals surface area contributed by atoms with Crippen molar-refractivity contribution in [3.8, 4) is 0 Å². The molecule has 0 saturated heterocycles. The maximum Gasteiger partial charge on any atom is 0.191 e. The molecule has 0 fully saturated rings. The Kier molecular flexibility index (Phi) is 9.10. The molecule has 120 valence electrons. The molecule has 0 aromatic carbocycles. The zero-order valence-electron chi connectivity index (χ0n) is 13.9. The van der Waals surface area contributed by atoms with E-state index in [-0.39, 0.29) is 0 Å². The van der Waals surface area contributed by atoms with E-state index in [4.69, 9.17) is 4.99 Å². The van der Waals surface area contributed by atoms with Crippen LogP contribution in [0.1, 0.15) is 38.5 Å². The summed E-state index contributed by atoms with van der Waals surface area (Å²) in [6, 6.07) is 4.29. The maximum atomic E-state index is 4.70. The molecule has 1 heterocycles. The highest BCUT2D eigenvalue weighted by Crippen LogP contribution is 2.20. The molecule has 2 N–H and O–H groups in total. The van der Waals surface area contributed by atoms with Gasteiger partial charge < -0.3 is 15.5 Å². The number of hydrogen-bond donors (Lipinski definition) is 2. The SMILES string of the molecule is CCNC(=NCC(C)c1cccs1)NCCN(CC)CC. The molecule has 0 spiro atoms. The Morgan fingerprint density at radius 1 is 1.29 bits per heavy atom. The van der Waals surface area contributed by atoms with Gasteiger partial charge in [0.05, 0.1) is 6.54 Å². The van der Waals surface area contributed by atoms with E-state index in [0.717, 1.165) is 45.2 Å². The van der Waals surface area contributed by atoms with Gasteiger partial charge in [-0.05, 0) is 31.5 Å². The summed E-state index contributed by atoms with van der Waals surface area (Å²) in [6.45, 7) is 14.6. The Morgan fingerprint density at radius 2 is 2.05 bits per heavy atom. The van der Waals surface area contributed by atoms with E-state index in [0.29, 0.717) is 5.92 Å². The van der Waals surface area contributed by atoms with Crippen molar-refractivity contribution in [1.29, 1.82) is 0 Å². The predicted octanol–water partition coefficient (Wildman–Crippen LogP) is 2.75. The molecule has 1 rings (SSSR count). The normalized spacial score (nSPS) is 13.5. The van der Waals surface area contributed by atoms with Crippen LogP contribution in [0.15, 0.2) is 22.5 Å². The number of aliphatic imine (C=N–C) groups is 1. The van der Waals surface area contributed by atoms with Gasteiger partial charge in [-0.2, -0.15) is 0 Å². The molecule has 1 aromatic rings. The lowest BCUT2D eigenvalue weighted by atomic mass is 10.1. The van der Waals surface area contributed by atoms with Crippen LogP contribution >= 0.6 is 11.3 Å². The van der Waals surface area contributed by atoms with Gasteiger partial charge in [0.1, 0.15) is 0 Å². The van der Waals surface area contributed by atoms with Crippen molar-refractivity contribution in [2.24, 2.45) is 4.99 Å². The van der Waals surface area contributed by atoms with E-state index in [1.54, 1.807) is 0 Å². The van der Waals surface area contributed by atoms with Crippen molar-refractivity contribution < 1.29 is 0 Å². The van der Waals surface area contributed by atoms with Crippen molar-refractivity contribution in [2.75, 3.05) is 39.3 Å². The summed E-state index contributed by atoms with van der Waals surface area (Å²) >= 11 is 1.81. The number of thiophene rings is 1. The van der Waals surface area contributed by atoms with E-state index in [9.17, 15) is 0 Å². The highest BCUT2D eigenvalue weighted by Gasteiger charge is 2.06. The molecule has 1 atom stereocenters. The van der Waals surface area contributed by atoms with Gasteiger partial charge in [0.25, 0.3) is 0 Å². The zero-order chi connectivity index (χ0) is 15.5. The van der Waals surface area contributed by atoms with Gasteiger partial charge in [0.2, 0.25) is 0 Å². The first-order chi connectivity index (χ1) is 10.2. The number of guanidine groups is 1. The van der Waals surface area contributed by atoms with Crippen LogP contribution in [0.25, 0.3) is 0 Å². The van der Waals surface area contributed by atoms with Gasteiger partial charge in [-0.3, -0.25) is 4.99 Å². The van der Waals surface area contributed by atoms with Crippen molar-refractivity contribution in [3.63, 3.8) is 0 Å². The molecular weight excluding hydrogens is 280 g/mol. The minimum Gasteiger partial charge on any atom is -0.357 e. The third-order valence-electron chi connectivity index (χ3n) is 3.51. The molecule has 21 heavy (non-hydrogen) atoms. The molecule has 0 amide bonds. The highest BCUT2D eigenvalue weighted by molar-refractivity contribution is 7.10. The van der Waals surface area contributed by atoms with Crippen LogP contribution in [0, 0.1) is 0 Å². The minimum absolute atomic E-state index is 0.475. The van der Waals surface area contributed by atoms with Gasteiger partial charge in [-0.25, -0.2) is 0 Å². The van der Waals surface area contributed by atoms with E-state index in [2.05, 4.69) is 60.7 Å². The molecule has 0 aliphatic rings. The third kappa shape index (κ3) is 6.96. The van der Waals surface area contributed by atoms with E-state index >= 15 is 0 Å². The van der Waals surface area contributed by atoms with E-state index in [1.807, 2.05) is 11.3 Å². The summed E-state index contributed by atoms with van der Waals surface area (Å²) in [4.78, 5) is 8.51. The van der Waals surface area contributed by atoms with Crippen LogP contribution in [0.3, 0.4) is 0 Å². The lowest BCUT2D eigenvalue weighted by molar-refractivity contribution is 0.308. The van der Waals surface area contributed by atoms with Gasteiger partial charge in [0, 0.05) is 30.4 Å². The minimum atomic E-state index is 0.475. The number of nitrogens with one attached hydrogen (secondary N) is 2. The van der Waals surface area contributed by atoms with Crippen LogP contribution in [0.5, 0.6) is 0 Å². The van der Waals surface area contributed by atoms with Crippen LogP contribution in [-0.2, 0) is 0 Å². The number of hydrogen-bond acceptors (Lipinski definition) is 3. The molecule has 0 aliphatic heterocycles. The maximum absolute atomic E-state index is 4.70. The second-order valence-corrected chi connectivity index (χ2v) is 6.07. The number of rotatable bonds is 9. The summed E-state index contributed by atoms with van der Waals surface area (Å²) in [5.41, 5.74) is 0. The standard InChI is InChI=1S/C16H30N4S/c1-5-17-16(18-10-11-20(6-2)7-3)19-13-14(4)15-9-8-12-21-15/h8-9,12,14H,5-7,10-11,13H2,1-4H3,(H2,17,18,19). The monoisotopic (exact) mass is 310 g/mol. The Morgan fingerprint density at radius 3 is 2.62 bits per heavy atom. The molecule has 4 nitrogen and oxygen atoms in total. The fraction of sp³-hybridized carbons (Fsp3) is 0.688. The second-order valence-electron chi connectivity index (χ2n) is 5.09. The summed E-state index contributed by atoms with van der Waals surface area (Å²) in [7, 11) is 0. The van der Waals surface area contributed by atoms with Gasteiger partial charge in [-0.1, -0.05) is 26.8 Å². The van der Waals surface area contributed by atoms with Gasteiger partial charge in [0.15, 0.2) is 5.96 Å². The molecule has 0 saturated carbocycles. The van der Waals surface area contributed by atoms with Crippen molar-refractivity contribution in [1.82, 2.24) is 15.5 Å². The Labute approximate surface area is 133 Å². The van der Waals surface area contributed by atoms with Crippen molar-refractivity contribution >= 4 is 17.3 Å². The van der Waals surface area contributed by atoms with Crippen molar-refractivity contribution in [3.05, 3.63) is 22.4 Å². The van der Waals surface area contributed by atoms with Gasteiger partial charge in [-0.15, -0.1) is 11.3 Å². The quantitative estimate of drug-likeness (QED) is 0.544. The smallest absolute Gasteiger partial charge is 0.191 e. The zero-order valence-corrected chi connectivity index (χ0v) is 14.7. The Hall–Kier alpha value is -1.07. The molecule has 0 radical (unpaired) electrons. The number of nitrogens with zero attached hydrogens (tertiary/aromatic N) is 2. The molecule has 1 unspecified atom stereocenters. The average Bonchev–Trinajstić information content (AvgIpc) is 3.03. The first-order valence-corrected chi connectivity index (χ1v) is 8.87. The molecule has 0 aliphatic carbocycles. The average molecular weight is 311 g/mol. The largest absolute Gasteiger partial charge is 0.357 e. The third-order valence-corrected chi connectivity index (χ3v) is 4.62. The van der Waals surface area contributed by atoms with Gasteiger partial charge >= 0.3 is 0 Å². The predicted molar refractivity (Wildman–Crippen MR) is 94.5 cm³/mol. The lowest BCUT2D eigenvalue weighted by Gasteiger charge is -2.19. The summed E-state index contributed by atoms with van der Waals surface area (Å²) < 4.78 is 0. The van der Waals surface area contributed by atoms with Crippen molar-refractivity contribution in [2.45, 2.75) is 33.6 Å². The summed E-state index contributed by atoms with van der Waals surface area (Å²) in [5, 5.41) is 8.87. The van der Waals surface area contributed by atoms with Crippen LogP contribution in [-0.4, -0.2) is 50.1 Å². The van der Waals surface area contributed by atoms with Crippen LogP contribution in [0.4, 0.5) is 0 Å². The lowest BCUT2D eigenvalue weighted by Crippen LogP contribution is -2.41. The van der Waals surface area contributed by atoms with Crippen LogP contribution < -0.4 is 10.6 Å². The molecule has 5 heteroatoms. The van der Waals surface area contributed by atoms with E-state index < -0.39 is 0 Å². The topological polar surface area (TPSA) is 39.7 Å². The first kappa shape index (κ1) is 18.0. The fourth-order valence-corrected chi connectivity index (χ4v) is 2.88. The fourth-order valence-electron chi connectivity index (χ4n) is 2.10. The first-order valence-electron chi connectivity index (χ1n) is 7.99.